The van der Waals surface area contributed by atoms with E-state index in [4.69, 9.17) is 0 Å². The summed E-state index contributed by atoms with van der Waals surface area (Å²) in [5.41, 5.74) is 1.52. The summed E-state index contributed by atoms with van der Waals surface area (Å²) in [4.78, 5) is 0. The fraction of sp³-hybridized carbons (Fsp3) is 0.714. The van der Waals surface area contributed by atoms with E-state index in [1.54, 1.807) is 0 Å². The second-order valence-corrected chi connectivity index (χ2v) is 2.56. The van der Waals surface area contributed by atoms with Crippen molar-refractivity contribution in [2.75, 3.05) is 6.54 Å². The Balaban J connectivity index is 2.45. The summed E-state index contributed by atoms with van der Waals surface area (Å²) >= 11 is 0. The Kier molecular flexibility index (Phi) is 1.69. The lowest BCUT2D eigenvalue weighted by Crippen LogP contribution is -2.29. The molecule has 1 atom stereocenters. The summed E-state index contributed by atoms with van der Waals surface area (Å²) in [6.07, 6.45) is 3.47. The van der Waals surface area contributed by atoms with Crippen molar-refractivity contribution in [3.63, 3.8) is 0 Å². The van der Waals surface area contributed by atoms with E-state index in [-0.39, 0.29) is 0 Å². The number of nitrogens with one attached hydrogen (secondary N) is 1. The normalized spacial score (nSPS) is 29.8. The molecule has 1 heterocycles. The molecular weight excluding hydrogens is 98.1 g/mol. The van der Waals surface area contributed by atoms with Crippen molar-refractivity contribution < 1.29 is 0 Å². The zero-order valence-corrected chi connectivity index (χ0v) is 5.57. The van der Waals surface area contributed by atoms with Crippen LogP contribution in [0, 0.1) is 0 Å². The van der Waals surface area contributed by atoms with E-state index in [9.17, 15) is 0 Å². The van der Waals surface area contributed by atoms with Crippen molar-refractivity contribution in [3.05, 3.63) is 11.6 Å². The molecule has 1 unspecified atom stereocenters. The van der Waals surface area contributed by atoms with Gasteiger partial charge in [0, 0.05) is 12.6 Å². The first-order chi connectivity index (χ1) is 3.79. The number of rotatable bonds is 0. The van der Waals surface area contributed by atoms with Crippen molar-refractivity contribution >= 4 is 0 Å². The van der Waals surface area contributed by atoms with E-state index >= 15 is 0 Å². The lowest BCUT2D eigenvalue weighted by atomic mass is 10.1. The fourth-order valence-corrected chi connectivity index (χ4v) is 1.07. The van der Waals surface area contributed by atoms with Gasteiger partial charge in [0.1, 0.15) is 0 Å². The molecule has 8 heavy (non-hydrogen) atoms. The first-order valence-electron chi connectivity index (χ1n) is 3.18. The van der Waals surface area contributed by atoms with Gasteiger partial charge in [-0.2, -0.15) is 0 Å². The molecule has 0 amide bonds. The van der Waals surface area contributed by atoms with Gasteiger partial charge >= 0.3 is 0 Å². The van der Waals surface area contributed by atoms with Gasteiger partial charge in [0.05, 0.1) is 0 Å². The highest BCUT2D eigenvalue weighted by Gasteiger charge is 2.04. The van der Waals surface area contributed by atoms with Crippen LogP contribution in [-0.4, -0.2) is 12.6 Å². The molecule has 0 bridgehead atoms. The Bertz CT molecular complexity index is 105. The highest BCUT2D eigenvalue weighted by Crippen LogP contribution is 2.06. The zero-order valence-electron chi connectivity index (χ0n) is 5.57. The Labute approximate surface area is 50.8 Å². The fourth-order valence-electron chi connectivity index (χ4n) is 1.07. The molecule has 0 radical (unpaired) electrons. The molecule has 46 valence electrons. The van der Waals surface area contributed by atoms with E-state index in [0.717, 1.165) is 6.54 Å². The summed E-state index contributed by atoms with van der Waals surface area (Å²) in [5.74, 6) is 0. The summed E-state index contributed by atoms with van der Waals surface area (Å²) in [7, 11) is 0. The standard InChI is InChI=1S/C7H13N/c1-6-3-4-8-7(2)5-6/h3,7-8H,4-5H2,1-2H3. The van der Waals surface area contributed by atoms with Crippen molar-refractivity contribution in [3.8, 4) is 0 Å². The topological polar surface area (TPSA) is 12.0 Å². The molecule has 0 fully saturated rings. The summed E-state index contributed by atoms with van der Waals surface area (Å²) in [6.45, 7) is 5.47. The van der Waals surface area contributed by atoms with Gasteiger partial charge in [-0.3, -0.25) is 0 Å². The molecule has 0 aromatic carbocycles. The van der Waals surface area contributed by atoms with Crippen LogP contribution in [-0.2, 0) is 0 Å². The maximum absolute atomic E-state index is 3.34. The Morgan fingerprint density at radius 2 is 2.50 bits per heavy atom. The van der Waals surface area contributed by atoms with Crippen molar-refractivity contribution in [1.29, 1.82) is 0 Å². The van der Waals surface area contributed by atoms with Crippen LogP contribution in [0.1, 0.15) is 20.3 Å². The van der Waals surface area contributed by atoms with Gasteiger partial charge in [-0.05, 0) is 20.3 Å². The highest BCUT2D eigenvalue weighted by molar-refractivity contribution is 5.05. The summed E-state index contributed by atoms with van der Waals surface area (Å²) < 4.78 is 0. The zero-order chi connectivity index (χ0) is 5.98. The smallest absolute Gasteiger partial charge is 0.0140 e. The molecule has 0 aliphatic carbocycles. The third kappa shape index (κ3) is 1.34. The summed E-state index contributed by atoms with van der Waals surface area (Å²) in [6, 6.07) is 0.694. The predicted octanol–water partition coefficient (Wildman–Crippen LogP) is 1.31. The lowest BCUT2D eigenvalue weighted by Gasteiger charge is -2.17. The molecule has 1 heteroatoms. The molecule has 0 saturated carbocycles. The summed E-state index contributed by atoms with van der Waals surface area (Å²) in [5, 5.41) is 3.34. The quantitative estimate of drug-likeness (QED) is 0.465. The largest absolute Gasteiger partial charge is 0.310 e. The minimum Gasteiger partial charge on any atom is -0.310 e. The first-order valence-corrected chi connectivity index (χ1v) is 3.18. The molecule has 0 saturated heterocycles. The molecule has 1 aliphatic rings. The van der Waals surface area contributed by atoms with Crippen LogP contribution in [0.3, 0.4) is 0 Å². The maximum atomic E-state index is 3.34. The maximum Gasteiger partial charge on any atom is 0.0140 e. The van der Waals surface area contributed by atoms with Gasteiger partial charge in [0.25, 0.3) is 0 Å². The molecule has 0 spiro atoms. The van der Waals surface area contributed by atoms with Gasteiger partial charge in [0.15, 0.2) is 0 Å². The van der Waals surface area contributed by atoms with Crippen LogP contribution in [0.25, 0.3) is 0 Å². The van der Waals surface area contributed by atoms with Crippen molar-refractivity contribution in [2.24, 2.45) is 0 Å². The molecule has 1 rings (SSSR count). The molecule has 1 nitrogen and oxygen atoms in total. The van der Waals surface area contributed by atoms with Crippen LogP contribution < -0.4 is 5.32 Å². The minimum absolute atomic E-state index is 0.694. The first kappa shape index (κ1) is 5.83. The highest BCUT2D eigenvalue weighted by atomic mass is 14.9. The van der Waals surface area contributed by atoms with Gasteiger partial charge in [-0.25, -0.2) is 0 Å². The Morgan fingerprint density at radius 1 is 1.75 bits per heavy atom. The van der Waals surface area contributed by atoms with Crippen molar-refractivity contribution in [1.82, 2.24) is 5.32 Å². The number of hydrogen-bond acceptors (Lipinski definition) is 1. The SMILES string of the molecule is CC1=CCNC(C)C1. The van der Waals surface area contributed by atoms with E-state index in [2.05, 4.69) is 25.2 Å². The van der Waals surface area contributed by atoms with Gasteiger partial charge in [-0.1, -0.05) is 11.6 Å². The van der Waals surface area contributed by atoms with E-state index < -0.39 is 0 Å². The Morgan fingerprint density at radius 3 is 2.88 bits per heavy atom. The van der Waals surface area contributed by atoms with Gasteiger partial charge < -0.3 is 5.32 Å². The van der Waals surface area contributed by atoms with E-state index in [1.165, 1.54) is 12.0 Å². The monoisotopic (exact) mass is 111 g/mol. The lowest BCUT2D eigenvalue weighted by molar-refractivity contribution is 0.553. The van der Waals surface area contributed by atoms with Crippen LogP contribution in [0.4, 0.5) is 0 Å². The van der Waals surface area contributed by atoms with E-state index in [0.29, 0.717) is 6.04 Å². The second-order valence-electron chi connectivity index (χ2n) is 2.56. The third-order valence-corrected chi connectivity index (χ3v) is 1.54. The number of hydrogen-bond donors (Lipinski definition) is 1. The van der Waals surface area contributed by atoms with Crippen molar-refractivity contribution in [2.45, 2.75) is 26.3 Å². The average molecular weight is 111 g/mol. The molecule has 0 aromatic rings. The van der Waals surface area contributed by atoms with E-state index in [1.807, 2.05) is 0 Å². The van der Waals surface area contributed by atoms with Crippen LogP contribution in [0.15, 0.2) is 11.6 Å². The molecule has 1 N–H and O–H groups in total. The molecule has 1 aliphatic heterocycles. The second kappa shape index (κ2) is 2.31. The van der Waals surface area contributed by atoms with Crippen LogP contribution in [0.5, 0.6) is 0 Å². The Hall–Kier alpha value is -0.300. The average Bonchev–Trinajstić information content (AvgIpc) is 1.64. The third-order valence-electron chi connectivity index (χ3n) is 1.54. The van der Waals surface area contributed by atoms with Crippen LogP contribution in [0.2, 0.25) is 0 Å². The predicted molar refractivity (Wildman–Crippen MR) is 35.8 cm³/mol. The van der Waals surface area contributed by atoms with Gasteiger partial charge in [0.2, 0.25) is 0 Å². The molecular formula is C7H13N. The molecule has 0 aromatic heterocycles. The minimum atomic E-state index is 0.694. The van der Waals surface area contributed by atoms with Gasteiger partial charge in [-0.15, -0.1) is 0 Å². The van der Waals surface area contributed by atoms with Crippen LogP contribution >= 0.6 is 0 Å².